The molecule has 1 aromatic rings. The SMILES string of the molecule is CCc1ccbc(OC(C)C)c1OC(C)C. The molecule has 16 heavy (non-hydrogen) atoms. The van der Waals surface area contributed by atoms with E-state index in [2.05, 4.69) is 13.0 Å². The van der Waals surface area contributed by atoms with Gasteiger partial charge in [-0.3, -0.25) is 0 Å². The number of rotatable bonds is 5. The maximum absolute atomic E-state index is 5.84. The van der Waals surface area contributed by atoms with Crippen LogP contribution in [0.3, 0.4) is 0 Å². The molecule has 88 valence electrons. The zero-order valence-corrected chi connectivity index (χ0v) is 10.9. The molecule has 3 heteroatoms. The van der Waals surface area contributed by atoms with E-state index in [0.717, 1.165) is 17.8 Å². The van der Waals surface area contributed by atoms with Crippen molar-refractivity contribution in [2.45, 2.75) is 53.2 Å². The Labute approximate surface area is 99.2 Å². The molecule has 0 saturated carbocycles. The summed E-state index contributed by atoms with van der Waals surface area (Å²) in [5.41, 5.74) is 2.05. The van der Waals surface area contributed by atoms with Gasteiger partial charge in [-0.2, -0.15) is 0 Å². The molecule has 0 saturated heterocycles. The van der Waals surface area contributed by atoms with Crippen LogP contribution in [-0.4, -0.2) is 19.1 Å². The van der Waals surface area contributed by atoms with Gasteiger partial charge in [0.1, 0.15) is 0 Å². The fourth-order valence-electron chi connectivity index (χ4n) is 1.56. The van der Waals surface area contributed by atoms with Gasteiger partial charge in [0, 0.05) is 0 Å². The first-order chi connectivity index (χ1) is 7.54. The minimum atomic E-state index is 0.168. The molecule has 0 aromatic carbocycles. The fraction of sp³-hybridized carbons (Fsp3) is 0.615. The Morgan fingerprint density at radius 1 is 1.12 bits per heavy atom. The third-order valence-electron chi connectivity index (χ3n) is 2.16. The number of hydrogen-bond acceptors (Lipinski definition) is 2. The average Bonchev–Trinajstić information content (AvgIpc) is 2.19. The van der Waals surface area contributed by atoms with Crippen LogP contribution in [0.5, 0.6) is 11.4 Å². The summed E-state index contributed by atoms with van der Waals surface area (Å²) < 4.78 is 11.6. The Kier molecular flexibility index (Phi) is 4.85. The van der Waals surface area contributed by atoms with Crippen LogP contribution < -0.4 is 9.47 Å². The number of ether oxygens (including phenoxy) is 2. The summed E-state index contributed by atoms with van der Waals surface area (Å²) in [5.74, 6) is 2.91. The quantitative estimate of drug-likeness (QED) is 0.758. The topological polar surface area (TPSA) is 18.5 Å². The Morgan fingerprint density at radius 2 is 1.75 bits per heavy atom. The van der Waals surface area contributed by atoms with E-state index in [4.69, 9.17) is 9.47 Å². The molecule has 0 aliphatic heterocycles. The molecule has 0 bridgehead atoms. The van der Waals surface area contributed by atoms with E-state index in [0.29, 0.717) is 0 Å². The Balaban J connectivity index is 3.04. The van der Waals surface area contributed by atoms with Crippen molar-refractivity contribution in [2.75, 3.05) is 0 Å². The standard InChI is InChI=1S/C13H21BO2/c1-6-11-7-8-14-13(16-10(4)5)12(11)15-9(2)3/h7-10H,6H2,1-5H3. The fourth-order valence-corrected chi connectivity index (χ4v) is 1.56. The van der Waals surface area contributed by atoms with E-state index in [1.807, 2.05) is 40.6 Å². The first-order valence-electron chi connectivity index (χ1n) is 5.99. The van der Waals surface area contributed by atoms with Gasteiger partial charge >= 0.3 is 98.6 Å². The van der Waals surface area contributed by atoms with E-state index in [1.54, 1.807) is 0 Å². The van der Waals surface area contributed by atoms with Crippen LogP contribution in [0.2, 0.25) is 0 Å². The zero-order valence-electron chi connectivity index (χ0n) is 10.9. The molecule has 2 nitrogen and oxygen atoms in total. The monoisotopic (exact) mass is 220 g/mol. The maximum atomic E-state index is 5.84. The zero-order chi connectivity index (χ0) is 12.1. The van der Waals surface area contributed by atoms with Gasteiger partial charge in [-0.1, -0.05) is 0 Å². The van der Waals surface area contributed by atoms with Gasteiger partial charge < -0.3 is 0 Å². The van der Waals surface area contributed by atoms with Crippen LogP contribution in [0.25, 0.3) is 0 Å². The summed E-state index contributed by atoms with van der Waals surface area (Å²) in [6.07, 6.45) is 1.29. The van der Waals surface area contributed by atoms with Crippen molar-refractivity contribution in [3.63, 3.8) is 0 Å². The molecule has 1 rings (SSSR count). The van der Waals surface area contributed by atoms with Gasteiger partial charge in [0.25, 0.3) is 0 Å². The van der Waals surface area contributed by atoms with E-state index >= 15 is 0 Å². The summed E-state index contributed by atoms with van der Waals surface area (Å²) in [5, 5.41) is 0. The van der Waals surface area contributed by atoms with Crippen molar-refractivity contribution >= 4 is 6.91 Å². The molecule has 0 aliphatic carbocycles. The van der Waals surface area contributed by atoms with E-state index < -0.39 is 0 Å². The van der Waals surface area contributed by atoms with Crippen LogP contribution in [0.1, 0.15) is 40.2 Å². The first-order valence-corrected chi connectivity index (χ1v) is 5.99. The average molecular weight is 220 g/mol. The second-order valence-corrected chi connectivity index (χ2v) is 4.43. The Hall–Kier alpha value is -0.985. The molecule has 0 atom stereocenters. The van der Waals surface area contributed by atoms with Crippen LogP contribution >= 0.6 is 0 Å². The van der Waals surface area contributed by atoms with Gasteiger partial charge in [0.05, 0.1) is 0 Å². The van der Waals surface area contributed by atoms with Gasteiger partial charge in [0.2, 0.25) is 0 Å². The van der Waals surface area contributed by atoms with Crippen molar-refractivity contribution in [3.8, 4) is 11.4 Å². The summed E-state index contributed by atoms with van der Waals surface area (Å²) >= 11 is 0. The molecule has 0 aliphatic rings. The van der Waals surface area contributed by atoms with Crippen molar-refractivity contribution in [2.24, 2.45) is 0 Å². The molecule has 0 N–H and O–H groups in total. The summed E-state index contributed by atoms with van der Waals surface area (Å²) in [4.78, 5) is 0. The van der Waals surface area contributed by atoms with Crippen molar-refractivity contribution in [1.82, 2.24) is 0 Å². The number of hydrogen-bond donors (Lipinski definition) is 0. The first kappa shape index (κ1) is 13.1. The van der Waals surface area contributed by atoms with Crippen LogP contribution in [-0.2, 0) is 6.42 Å². The Morgan fingerprint density at radius 3 is 2.25 bits per heavy atom. The normalized spacial score (nSPS) is 10.7. The molecule has 0 unspecified atom stereocenters. The van der Waals surface area contributed by atoms with E-state index in [1.165, 1.54) is 5.56 Å². The molecular formula is C13H21BO2. The van der Waals surface area contributed by atoms with Crippen LogP contribution in [0.4, 0.5) is 0 Å². The molecule has 0 radical (unpaired) electrons. The molecule has 0 spiro atoms. The van der Waals surface area contributed by atoms with Gasteiger partial charge in [0.15, 0.2) is 0 Å². The molecular weight excluding hydrogens is 199 g/mol. The minimum absolute atomic E-state index is 0.168. The second kappa shape index (κ2) is 5.93. The molecule has 0 fully saturated rings. The molecule has 1 aromatic heterocycles. The van der Waals surface area contributed by atoms with Crippen LogP contribution in [0.15, 0.2) is 12.0 Å². The third-order valence-corrected chi connectivity index (χ3v) is 2.16. The third kappa shape index (κ3) is 3.55. The van der Waals surface area contributed by atoms with Gasteiger partial charge in [-0.25, -0.2) is 0 Å². The summed E-state index contributed by atoms with van der Waals surface area (Å²) in [6.45, 7) is 12.2. The van der Waals surface area contributed by atoms with Gasteiger partial charge in [-0.05, 0) is 0 Å². The van der Waals surface area contributed by atoms with Crippen molar-refractivity contribution < 1.29 is 9.47 Å². The van der Waals surface area contributed by atoms with Crippen molar-refractivity contribution in [1.29, 1.82) is 0 Å². The molecule has 0 amide bonds. The van der Waals surface area contributed by atoms with Gasteiger partial charge in [-0.15, -0.1) is 0 Å². The van der Waals surface area contributed by atoms with E-state index in [9.17, 15) is 0 Å². The molecule has 1 heterocycles. The summed E-state index contributed by atoms with van der Waals surface area (Å²) in [7, 11) is 0. The van der Waals surface area contributed by atoms with Crippen LogP contribution in [0, 0.1) is 0 Å². The summed E-state index contributed by atoms with van der Waals surface area (Å²) in [6, 6.07) is 2.09. The Bertz CT molecular complexity index is 335. The second-order valence-electron chi connectivity index (χ2n) is 4.43. The predicted molar refractivity (Wildman–Crippen MR) is 68.7 cm³/mol. The predicted octanol–water partition coefficient (Wildman–Crippen LogP) is 3.16. The van der Waals surface area contributed by atoms with Crippen molar-refractivity contribution in [3.05, 3.63) is 17.6 Å². The van der Waals surface area contributed by atoms with E-state index in [-0.39, 0.29) is 12.2 Å². The number of aryl methyl sites for hydroxylation is 1.